The first-order chi connectivity index (χ1) is 10.1. The summed E-state index contributed by atoms with van der Waals surface area (Å²) in [6, 6.07) is 8.11. The van der Waals surface area contributed by atoms with Crippen LogP contribution in [0.25, 0.3) is 0 Å². The van der Waals surface area contributed by atoms with E-state index >= 15 is 0 Å². The molecule has 2 rings (SSSR count). The van der Waals surface area contributed by atoms with Crippen molar-refractivity contribution in [2.24, 2.45) is 0 Å². The third kappa shape index (κ3) is 3.15. The van der Waals surface area contributed by atoms with Crippen molar-refractivity contribution in [3.63, 3.8) is 0 Å². The molecule has 0 aliphatic heterocycles. The number of hydrogen-bond acceptors (Lipinski definition) is 3. The SMILES string of the molecule is CCn1c(C)cc(CNc2ccc(OC)c(OC)c2)c1C. The Balaban J connectivity index is 2.13. The van der Waals surface area contributed by atoms with Gasteiger partial charge in [0, 0.05) is 36.2 Å². The summed E-state index contributed by atoms with van der Waals surface area (Å²) in [5.41, 5.74) is 4.97. The minimum atomic E-state index is 0.738. The molecule has 4 heteroatoms. The van der Waals surface area contributed by atoms with Gasteiger partial charge in [-0.2, -0.15) is 0 Å². The number of nitrogens with one attached hydrogen (secondary N) is 1. The third-order valence-corrected chi connectivity index (χ3v) is 3.86. The van der Waals surface area contributed by atoms with Crippen LogP contribution in [0.2, 0.25) is 0 Å². The summed E-state index contributed by atoms with van der Waals surface area (Å²) in [4.78, 5) is 0. The van der Waals surface area contributed by atoms with Crippen LogP contribution in [0, 0.1) is 13.8 Å². The Morgan fingerprint density at radius 3 is 2.33 bits per heavy atom. The van der Waals surface area contributed by atoms with E-state index in [0.717, 1.165) is 30.3 Å². The number of ether oxygens (including phenoxy) is 2. The van der Waals surface area contributed by atoms with Crippen LogP contribution in [-0.2, 0) is 13.1 Å². The smallest absolute Gasteiger partial charge is 0.162 e. The van der Waals surface area contributed by atoms with Crippen molar-refractivity contribution < 1.29 is 9.47 Å². The van der Waals surface area contributed by atoms with Crippen molar-refractivity contribution in [3.8, 4) is 11.5 Å². The van der Waals surface area contributed by atoms with Crippen molar-refractivity contribution in [3.05, 3.63) is 41.2 Å². The molecule has 0 radical (unpaired) electrons. The summed E-state index contributed by atoms with van der Waals surface area (Å²) in [5.74, 6) is 1.48. The van der Waals surface area contributed by atoms with Gasteiger partial charge in [-0.05, 0) is 44.5 Å². The van der Waals surface area contributed by atoms with E-state index in [2.05, 4.69) is 36.7 Å². The van der Waals surface area contributed by atoms with Gasteiger partial charge in [-0.25, -0.2) is 0 Å². The summed E-state index contributed by atoms with van der Waals surface area (Å²) in [6.07, 6.45) is 0. The van der Waals surface area contributed by atoms with Crippen LogP contribution in [0.3, 0.4) is 0 Å². The molecule has 0 spiro atoms. The molecule has 0 amide bonds. The summed E-state index contributed by atoms with van der Waals surface area (Å²) in [6.45, 7) is 8.30. The Morgan fingerprint density at radius 2 is 1.76 bits per heavy atom. The van der Waals surface area contributed by atoms with E-state index in [-0.39, 0.29) is 0 Å². The van der Waals surface area contributed by atoms with Gasteiger partial charge >= 0.3 is 0 Å². The van der Waals surface area contributed by atoms with Gasteiger partial charge in [0.05, 0.1) is 14.2 Å². The molecule has 0 aliphatic carbocycles. The lowest BCUT2D eigenvalue weighted by Crippen LogP contribution is -2.03. The molecule has 0 bridgehead atoms. The zero-order chi connectivity index (χ0) is 15.4. The molecular weight excluding hydrogens is 264 g/mol. The number of anilines is 1. The van der Waals surface area contributed by atoms with E-state index in [9.17, 15) is 0 Å². The van der Waals surface area contributed by atoms with E-state index in [1.165, 1.54) is 17.0 Å². The van der Waals surface area contributed by atoms with Gasteiger partial charge in [0.15, 0.2) is 11.5 Å². The second-order valence-electron chi connectivity index (χ2n) is 5.06. The fourth-order valence-electron chi connectivity index (χ4n) is 2.68. The highest BCUT2D eigenvalue weighted by atomic mass is 16.5. The standard InChI is InChI=1S/C17H24N2O2/c1-6-19-12(2)9-14(13(19)3)11-18-15-7-8-16(20-4)17(10-15)21-5/h7-10,18H,6,11H2,1-5H3. The van der Waals surface area contributed by atoms with Crippen molar-refractivity contribution in [1.82, 2.24) is 4.57 Å². The van der Waals surface area contributed by atoms with Crippen LogP contribution in [0.15, 0.2) is 24.3 Å². The molecule has 0 saturated heterocycles. The number of methoxy groups -OCH3 is 2. The Kier molecular flexibility index (Phi) is 4.78. The van der Waals surface area contributed by atoms with Crippen LogP contribution >= 0.6 is 0 Å². The van der Waals surface area contributed by atoms with E-state index in [1.807, 2.05) is 18.2 Å². The molecule has 2 aromatic rings. The Bertz CT molecular complexity index is 617. The minimum absolute atomic E-state index is 0.738. The molecule has 1 N–H and O–H groups in total. The number of aryl methyl sites for hydroxylation is 1. The highest BCUT2D eigenvalue weighted by Gasteiger charge is 2.08. The predicted octanol–water partition coefficient (Wildman–Crippen LogP) is 3.75. The Morgan fingerprint density at radius 1 is 1.05 bits per heavy atom. The summed E-state index contributed by atoms with van der Waals surface area (Å²) >= 11 is 0. The van der Waals surface area contributed by atoms with E-state index in [0.29, 0.717) is 0 Å². The maximum absolute atomic E-state index is 5.32. The van der Waals surface area contributed by atoms with E-state index < -0.39 is 0 Å². The molecule has 114 valence electrons. The lowest BCUT2D eigenvalue weighted by atomic mass is 10.2. The van der Waals surface area contributed by atoms with Crippen LogP contribution < -0.4 is 14.8 Å². The van der Waals surface area contributed by atoms with Crippen LogP contribution in [0.1, 0.15) is 23.9 Å². The second-order valence-corrected chi connectivity index (χ2v) is 5.06. The minimum Gasteiger partial charge on any atom is -0.493 e. The Hall–Kier alpha value is -2.10. The molecule has 4 nitrogen and oxygen atoms in total. The average molecular weight is 288 g/mol. The lowest BCUT2D eigenvalue weighted by molar-refractivity contribution is 0.355. The first kappa shape index (κ1) is 15.3. The van der Waals surface area contributed by atoms with Gasteiger partial charge < -0.3 is 19.4 Å². The molecule has 1 aromatic heterocycles. The normalized spacial score (nSPS) is 10.5. The number of rotatable bonds is 6. The van der Waals surface area contributed by atoms with Gasteiger partial charge in [-0.15, -0.1) is 0 Å². The Labute approximate surface area is 126 Å². The number of hydrogen-bond donors (Lipinski definition) is 1. The zero-order valence-corrected chi connectivity index (χ0v) is 13.5. The molecule has 0 fully saturated rings. The topological polar surface area (TPSA) is 35.4 Å². The highest BCUT2D eigenvalue weighted by Crippen LogP contribution is 2.30. The number of nitrogens with zero attached hydrogens (tertiary/aromatic N) is 1. The van der Waals surface area contributed by atoms with Gasteiger partial charge in [0.2, 0.25) is 0 Å². The molecular formula is C17H24N2O2. The molecule has 0 atom stereocenters. The molecule has 0 saturated carbocycles. The number of aromatic nitrogens is 1. The van der Waals surface area contributed by atoms with Crippen molar-refractivity contribution in [1.29, 1.82) is 0 Å². The van der Waals surface area contributed by atoms with Gasteiger partial charge in [-0.1, -0.05) is 0 Å². The van der Waals surface area contributed by atoms with Crippen molar-refractivity contribution >= 4 is 5.69 Å². The quantitative estimate of drug-likeness (QED) is 0.879. The third-order valence-electron chi connectivity index (χ3n) is 3.86. The van der Waals surface area contributed by atoms with Crippen LogP contribution in [0.4, 0.5) is 5.69 Å². The van der Waals surface area contributed by atoms with Gasteiger partial charge in [0.1, 0.15) is 0 Å². The predicted molar refractivity (Wildman–Crippen MR) is 86.5 cm³/mol. The van der Waals surface area contributed by atoms with E-state index in [1.54, 1.807) is 14.2 Å². The summed E-state index contributed by atoms with van der Waals surface area (Å²) in [5, 5.41) is 3.44. The summed E-state index contributed by atoms with van der Waals surface area (Å²) in [7, 11) is 3.29. The fourth-order valence-corrected chi connectivity index (χ4v) is 2.68. The zero-order valence-electron chi connectivity index (χ0n) is 13.5. The molecule has 1 aromatic carbocycles. The lowest BCUT2D eigenvalue weighted by Gasteiger charge is -2.11. The molecule has 0 aliphatic rings. The fraction of sp³-hybridized carbons (Fsp3) is 0.412. The van der Waals surface area contributed by atoms with Crippen LogP contribution in [0.5, 0.6) is 11.5 Å². The molecule has 0 unspecified atom stereocenters. The first-order valence-electron chi connectivity index (χ1n) is 7.22. The van der Waals surface area contributed by atoms with Crippen LogP contribution in [-0.4, -0.2) is 18.8 Å². The van der Waals surface area contributed by atoms with Gasteiger partial charge in [0.25, 0.3) is 0 Å². The second kappa shape index (κ2) is 6.57. The largest absolute Gasteiger partial charge is 0.493 e. The van der Waals surface area contributed by atoms with E-state index in [4.69, 9.17) is 9.47 Å². The molecule has 21 heavy (non-hydrogen) atoms. The molecule has 1 heterocycles. The number of benzene rings is 1. The van der Waals surface area contributed by atoms with Crippen molar-refractivity contribution in [2.45, 2.75) is 33.9 Å². The maximum Gasteiger partial charge on any atom is 0.162 e. The maximum atomic E-state index is 5.32. The highest BCUT2D eigenvalue weighted by molar-refractivity contribution is 5.55. The monoisotopic (exact) mass is 288 g/mol. The first-order valence-corrected chi connectivity index (χ1v) is 7.22. The van der Waals surface area contributed by atoms with Crippen molar-refractivity contribution in [2.75, 3.05) is 19.5 Å². The van der Waals surface area contributed by atoms with Gasteiger partial charge in [-0.3, -0.25) is 0 Å². The summed E-state index contributed by atoms with van der Waals surface area (Å²) < 4.78 is 12.9. The average Bonchev–Trinajstić information content (AvgIpc) is 2.78.